The van der Waals surface area contributed by atoms with Crippen LogP contribution in [0.2, 0.25) is 0 Å². The van der Waals surface area contributed by atoms with Crippen LogP contribution in [0.1, 0.15) is 0 Å². The lowest BCUT2D eigenvalue weighted by molar-refractivity contribution is -0.343. The van der Waals surface area contributed by atoms with Crippen molar-refractivity contribution in [2.24, 2.45) is 0 Å². The first-order chi connectivity index (χ1) is 11.5. The first-order valence-corrected chi connectivity index (χ1v) is 6.10. The number of hydrogen-bond donors (Lipinski definition) is 0. The van der Waals surface area contributed by atoms with Gasteiger partial charge in [-0.05, 0) is 24.3 Å². The summed E-state index contributed by atoms with van der Waals surface area (Å²) in [6.07, 6.45) is -21.0. The predicted octanol–water partition coefficient (Wildman–Crippen LogP) is 5.43. The summed E-state index contributed by atoms with van der Waals surface area (Å²) in [5.74, 6) is -14.3. The fourth-order valence-corrected chi connectivity index (χ4v) is 1.26. The van der Waals surface area contributed by atoms with Crippen molar-refractivity contribution in [2.45, 2.75) is 36.9 Å². The molecule has 0 aliphatic carbocycles. The van der Waals surface area contributed by atoms with E-state index in [1.807, 2.05) is 0 Å². The van der Waals surface area contributed by atoms with Gasteiger partial charge in [-0.25, -0.2) is 17.6 Å². The third-order valence-electron chi connectivity index (χ3n) is 2.64. The molecule has 0 bridgehead atoms. The second-order valence-electron chi connectivity index (χ2n) is 4.56. The number of benzene rings is 1. The van der Waals surface area contributed by atoms with Gasteiger partial charge in [0.1, 0.15) is 11.5 Å². The van der Waals surface area contributed by atoms with Crippen molar-refractivity contribution in [3.63, 3.8) is 0 Å². The van der Waals surface area contributed by atoms with Crippen LogP contribution in [0.4, 0.5) is 52.7 Å². The van der Waals surface area contributed by atoms with E-state index in [2.05, 4.69) is 9.47 Å². The molecule has 26 heavy (non-hydrogen) atoms. The van der Waals surface area contributed by atoms with Crippen molar-refractivity contribution in [2.75, 3.05) is 0 Å². The Bertz CT molecular complexity index is 546. The Kier molecular flexibility index (Phi) is 5.88. The Morgan fingerprint density at radius 2 is 0.769 bits per heavy atom. The fraction of sp³-hybridized carbons (Fsp3) is 0.500. The second kappa shape index (κ2) is 6.95. The van der Waals surface area contributed by atoms with E-state index in [1.165, 1.54) is 0 Å². The highest BCUT2D eigenvalue weighted by Gasteiger charge is 2.67. The van der Waals surface area contributed by atoms with Crippen molar-refractivity contribution < 1.29 is 62.2 Å². The van der Waals surface area contributed by atoms with E-state index < -0.39 is 48.4 Å². The smallest absolute Gasteiger partial charge is 0.428 e. The molecular weight excluding hydrogens is 404 g/mol. The van der Waals surface area contributed by atoms with Crippen LogP contribution in [0, 0.1) is 0 Å². The highest BCUT2D eigenvalue weighted by atomic mass is 19.4. The van der Waals surface area contributed by atoms with Crippen molar-refractivity contribution in [1.29, 1.82) is 0 Å². The second-order valence-corrected chi connectivity index (χ2v) is 4.56. The summed E-state index contributed by atoms with van der Waals surface area (Å²) in [5, 5.41) is 0. The number of ether oxygens (including phenoxy) is 2. The summed E-state index contributed by atoms with van der Waals surface area (Å²) in [7, 11) is 0. The van der Waals surface area contributed by atoms with Gasteiger partial charge < -0.3 is 9.47 Å². The molecular formula is C12H6F12O2. The topological polar surface area (TPSA) is 18.5 Å². The molecule has 0 fully saturated rings. The lowest BCUT2D eigenvalue weighted by Crippen LogP contribution is -2.50. The predicted molar refractivity (Wildman–Crippen MR) is 59.5 cm³/mol. The minimum absolute atomic E-state index is 0.196. The Labute approximate surface area is 136 Å². The minimum atomic E-state index is -5.91. The molecule has 0 atom stereocenters. The summed E-state index contributed by atoms with van der Waals surface area (Å²) >= 11 is 0. The van der Waals surface area contributed by atoms with E-state index in [4.69, 9.17) is 0 Å². The molecule has 0 aliphatic heterocycles. The molecule has 0 N–H and O–H groups in total. The van der Waals surface area contributed by atoms with Crippen molar-refractivity contribution >= 4 is 0 Å². The molecule has 0 heterocycles. The molecule has 0 unspecified atom stereocenters. The number of halogens is 12. The Morgan fingerprint density at radius 1 is 0.538 bits per heavy atom. The van der Waals surface area contributed by atoms with Crippen LogP contribution < -0.4 is 9.47 Å². The monoisotopic (exact) mass is 410 g/mol. The zero-order valence-electron chi connectivity index (χ0n) is 11.8. The van der Waals surface area contributed by atoms with Gasteiger partial charge in [0, 0.05) is 0 Å². The molecule has 0 saturated carbocycles. The standard InChI is InChI=1S/C12H6F12O2/c13-7(14)9(17,18)11(21,22)25-5-1-2-6(4-3-5)26-12(23,24)10(19,20)8(15)16/h1-4,7-8H. The lowest BCUT2D eigenvalue weighted by atomic mass is 10.3. The first kappa shape index (κ1) is 22.0. The van der Waals surface area contributed by atoms with E-state index in [-0.39, 0.29) is 24.3 Å². The van der Waals surface area contributed by atoms with Crippen LogP contribution in [0.5, 0.6) is 11.5 Å². The zero-order valence-corrected chi connectivity index (χ0v) is 11.8. The maximum Gasteiger partial charge on any atom is 0.470 e. The quantitative estimate of drug-likeness (QED) is 0.533. The lowest BCUT2D eigenvalue weighted by Gasteiger charge is -2.26. The highest BCUT2D eigenvalue weighted by Crippen LogP contribution is 2.42. The Morgan fingerprint density at radius 3 is 0.962 bits per heavy atom. The maximum atomic E-state index is 13.0. The van der Waals surface area contributed by atoms with E-state index in [0.717, 1.165) is 0 Å². The van der Waals surface area contributed by atoms with Gasteiger partial charge in [-0.3, -0.25) is 0 Å². The molecule has 0 spiro atoms. The van der Waals surface area contributed by atoms with E-state index in [0.29, 0.717) is 0 Å². The van der Waals surface area contributed by atoms with Crippen LogP contribution in [-0.4, -0.2) is 36.9 Å². The summed E-state index contributed by atoms with van der Waals surface area (Å²) in [4.78, 5) is 0. The van der Waals surface area contributed by atoms with Crippen LogP contribution in [-0.2, 0) is 0 Å². The van der Waals surface area contributed by atoms with Crippen LogP contribution in [0.15, 0.2) is 24.3 Å². The number of alkyl halides is 12. The SMILES string of the molecule is FC(F)C(F)(F)C(F)(F)Oc1ccc(OC(F)(F)C(F)(F)C(F)F)cc1. The summed E-state index contributed by atoms with van der Waals surface area (Å²) < 4.78 is 157. The zero-order chi connectivity index (χ0) is 20.6. The van der Waals surface area contributed by atoms with E-state index >= 15 is 0 Å². The molecule has 0 amide bonds. The fourth-order valence-electron chi connectivity index (χ4n) is 1.26. The van der Waals surface area contributed by atoms with Crippen molar-refractivity contribution in [3.05, 3.63) is 24.3 Å². The average molecular weight is 410 g/mol. The Balaban J connectivity index is 2.94. The van der Waals surface area contributed by atoms with Gasteiger partial charge in [-0.1, -0.05) is 0 Å². The van der Waals surface area contributed by atoms with E-state index in [1.54, 1.807) is 0 Å². The molecule has 0 radical (unpaired) electrons. The third-order valence-corrected chi connectivity index (χ3v) is 2.64. The van der Waals surface area contributed by atoms with Crippen LogP contribution in [0.25, 0.3) is 0 Å². The van der Waals surface area contributed by atoms with E-state index in [9.17, 15) is 52.7 Å². The molecule has 2 nitrogen and oxygen atoms in total. The molecule has 14 heteroatoms. The van der Waals surface area contributed by atoms with Gasteiger partial charge in [-0.15, -0.1) is 0 Å². The molecule has 0 aromatic heterocycles. The molecule has 0 saturated heterocycles. The molecule has 1 aromatic rings. The average Bonchev–Trinajstić information content (AvgIpc) is 2.47. The first-order valence-electron chi connectivity index (χ1n) is 6.10. The Hall–Kier alpha value is -2.02. The minimum Gasteiger partial charge on any atom is -0.428 e. The molecule has 0 aliphatic rings. The van der Waals surface area contributed by atoms with Crippen LogP contribution >= 0.6 is 0 Å². The summed E-state index contributed by atoms with van der Waals surface area (Å²) in [6.45, 7) is 0. The maximum absolute atomic E-state index is 13.0. The highest BCUT2D eigenvalue weighted by molar-refractivity contribution is 5.32. The summed E-state index contributed by atoms with van der Waals surface area (Å²) in [5.41, 5.74) is 0. The van der Waals surface area contributed by atoms with Crippen molar-refractivity contribution in [1.82, 2.24) is 0 Å². The van der Waals surface area contributed by atoms with Gasteiger partial charge in [0.25, 0.3) is 0 Å². The third kappa shape index (κ3) is 4.20. The van der Waals surface area contributed by atoms with Gasteiger partial charge in [0.2, 0.25) is 0 Å². The largest absolute Gasteiger partial charge is 0.470 e. The van der Waals surface area contributed by atoms with Crippen LogP contribution in [0.3, 0.4) is 0 Å². The number of rotatable bonds is 8. The molecule has 1 rings (SSSR count). The van der Waals surface area contributed by atoms with Gasteiger partial charge in [0.05, 0.1) is 0 Å². The molecule has 1 aromatic carbocycles. The number of hydrogen-bond acceptors (Lipinski definition) is 2. The van der Waals surface area contributed by atoms with Gasteiger partial charge in [-0.2, -0.15) is 35.1 Å². The van der Waals surface area contributed by atoms with Gasteiger partial charge in [0.15, 0.2) is 0 Å². The van der Waals surface area contributed by atoms with Gasteiger partial charge >= 0.3 is 36.9 Å². The molecule has 150 valence electrons. The normalized spacial score (nSPS) is 14.1. The summed E-state index contributed by atoms with van der Waals surface area (Å²) in [6, 6.07) is 0.783. The van der Waals surface area contributed by atoms with Crippen molar-refractivity contribution in [3.8, 4) is 11.5 Å².